The van der Waals surface area contributed by atoms with Gasteiger partial charge < -0.3 is 23.7 Å². The molecule has 0 bridgehead atoms. The summed E-state index contributed by atoms with van der Waals surface area (Å²) in [6.07, 6.45) is -13.1. The zero-order chi connectivity index (χ0) is 26.6. The Labute approximate surface area is 190 Å². The van der Waals surface area contributed by atoms with Crippen molar-refractivity contribution in [2.45, 2.75) is 76.8 Å². The molecule has 1 saturated carbocycles. The van der Waals surface area contributed by atoms with Crippen LogP contribution in [0.5, 0.6) is 0 Å². The van der Waals surface area contributed by atoms with E-state index in [1.54, 1.807) is 0 Å². The van der Waals surface area contributed by atoms with E-state index in [-0.39, 0.29) is 0 Å². The Morgan fingerprint density at radius 1 is 0.529 bits per heavy atom. The third-order valence-electron chi connectivity index (χ3n) is 3.97. The van der Waals surface area contributed by atoms with Crippen molar-refractivity contribution in [3.05, 3.63) is 0 Å². The molecule has 1 rings (SSSR count). The zero-order valence-corrected chi connectivity index (χ0v) is 19.1. The van der Waals surface area contributed by atoms with Crippen LogP contribution in [0.1, 0.15) is 34.6 Å². The molecule has 1 aliphatic rings. The second-order valence-corrected chi connectivity index (χ2v) is 8.39. The van der Waals surface area contributed by atoms with Crippen LogP contribution in [0.4, 0.5) is 13.2 Å². The van der Waals surface area contributed by atoms with E-state index >= 15 is 0 Å². The van der Waals surface area contributed by atoms with Crippen LogP contribution in [0, 0.1) is 0 Å². The molecule has 1 aliphatic carbocycles. The van der Waals surface area contributed by atoms with Crippen molar-refractivity contribution in [1.29, 1.82) is 0 Å². The number of alkyl halides is 3. The van der Waals surface area contributed by atoms with Gasteiger partial charge in [0.05, 0.1) is 0 Å². The summed E-state index contributed by atoms with van der Waals surface area (Å²) in [5.74, 6) is -5.85. The highest BCUT2D eigenvalue weighted by Crippen LogP contribution is 2.37. The average Bonchev–Trinajstić information content (AvgIpc) is 2.61. The summed E-state index contributed by atoms with van der Waals surface area (Å²) < 4.78 is 91.5. The minimum absolute atomic E-state index is 0.764. The van der Waals surface area contributed by atoms with Gasteiger partial charge in [0.15, 0.2) is 36.6 Å². The van der Waals surface area contributed by atoms with E-state index in [1.807, 2.05) is 0 Å². The highest BCUT2D eigenvalue weighted by molar-refractivity contribution is 7.87. The van der Waals surface area contributed by atoms with Crippen LogP contribution < -0.4 is 0 Å². The monoisotopic (exact) mass is 522 g/mol. The fraction of sp³-hybridized carbons (Fsp3) is 0.706. The van der Waals surface area contributed by atoms with Gasteiger partial charge in [-0.3, -0.25) is 28.2 Å². The Morgan fingerprint density at radius 2 is 0.735 bits per heavy atom. The summed E-state index contributed by atoms with van der Waals surface area (Å²) in [6, 6.07) is 0. The summed E-state index contributed by atoms with van der Waals surface area (Å²) in [5, 5.41) is 0. The number of ether oxygens (including phenoxy) is 5. The van der Waals surface area contributed by atoms with Gasteiger partial charge in [0.1, 0.15) is 0 Å². The fourth-order valence-electron chi connectivity index (χ4n) is 3.06. The molecule has 13 nitrogen and oxygen atoms in total. The molecule has 0 saturated heterocycles. The van der Waals surface area contributed by atoms with Crippen LogP contribution >= 0.6 is 0 Å². The topological polar surface area (TPSA) is 175 Å². The van der Waals surface area contributed by atoms with E-state index in [2.05, 4.69) is 4.18 Å². The molecular weight excluding hydrogens is 501 g/mol. The molecule has 0 unspecified atom stereocenters. The fourth-order valence-corrected chi connectivity index (χ4v) is 3.68. The molecule has 0 aromatic rings. The van der Waals surface area contributed by atoms with Crippen molar-refractivity contribution < 1.29 is 73.4 Å². The van der Waals surface area contributed by atoms with Crippen molar-refractivity contribution in [3.8, 4) is 0 Å². The van der Waals surface area contributed by atoms with Crippen LogP contribution in [-0.4, -0.2) is 80.4 Å². The van der Waals surface area contributed by atoms with Crippen LogP contribution in [0.15, 0.2) is 0 Å². The summed E-state index contributed by atoms with van der Waals surface area (Å²) in [7, 11) is -6.45. The first kappa shape index (κ1) is 29.1. The molecule has 0 amide bonds. The number of halogens is 3. The van der Waals surface area contributed by atoms with Crippen LogP contribution in [0.3, 0.4) is 0 Å². The molecule has 0 aromatic heterocycles. The summed E-state index contributed by atoms with van der Waals surface area (Å²) >= 11 is 0. The summed E-state index contributed by atoms with van der Waals surface area (Å²) in [5.41, 5.74) is -5.99. The number of hydrogen-bond acceptors (Lipinski definition) is 13. The Kier molecular flexibility index (Phi) is 9.40. The van der Waals surface area contributed by atoms with E-state index in [4.69, 9.17) is 23.7 Å². The van der Waals surface area contributed by atoms with Gasteiger partial charge in [-0.1, -0.05) is 0 Å². The molecule has 1 fully saturated rings. The van der Waals surface area contributed by atoms with Gasteiger partial charge in [-0.15, -0.1) is 0 Å². The molecule has 17 heteroatoms. The van der Waals surface area contributed by atoms with Gasteiger partial charge in [0, 0.05) is 34.6 Å². The van der Waals surface area contributed by atoms with Crippen molar-refractivity contribution in [1.82, 2.24) is 0 Å². The molecule has 0 aliphatic heterocycles. The number of hydrogen-bond donors (Lipinski definition) is 0. The van der Waals surface area contributed by atoms with Crippen molar-refractivity contribution >= 4 is 40.0 Å². The van der Waals surface area contributed by atoms with Gasteiger partial charge in [-0.2, -0.15) is 21.6 Å². The highest BCUT2D eigenvalue weighted by Gasteiger charge is 2.62. The predicted octanol–water partition coefficient (Wildman–Crippen LogP) is -0.107. The Morgan fingerprint density at radius 3 is 0.912 bits per heavy atom. The van der Waals surface area contributed by atoms with E-state index < -0.39 is 82.1 Å². The average molecular weight is 522 g/mol. The quantitative estimate of drug-likeness (QED) is 0.188. The number of esters is 5. The van der Waals surface area contributed by atoms with Gasteiger partial charge in [0.2, 0.25) is 0 Å². The largest absolute Gasteiger partial charge is 0.523 e. The number of rotatable bonds is 7. The standard InChI is InChI=1S/C17H21F3O13S/c1-6(21)28-11-12(29-7(2)22)14(31-9(4)24)16(33-34(26,27)17(18,19)20)15(32-10(5)25)13(11)30-8(3)23/h11-16H,1-5H3/t11-,12-,13+,14-,15-,16-/m0/s1. The first-order valence-corrected chi connectivity index (χ1v) is 10.6. The lowest BCUT2D eigenvalue weighted by atomic mass is 9.84. The second kappa shape index (κ2) is 11.0. The Bertz CT molecular complexity index is 885. The SMILES string of the molecule is CC(=O)O[C@@H]1[C@@H](OC(C)=O)[C@H](OC(C)=O)[C@@H](OS(=O)(=O)C(F)(F)F)[C@@H](OC(C)=O)[C@H]1OC(C)=O. The van der Waals surface area contributed by atoms with E-state index in [1.165, 1.54) is 0 Å². The highest BCUT2D eigenvalue weighted by atomic mass is 32.2. The lowest BCUT2D eigenvalue weighted by molar-refractivity contribution is -0.252. The maximum absolute atomic E-state index is 13.1. The normalized spacial score (nSPS) is 27.2. The first-order chi connectivity index (χ1) is 15.4. The third-order valence-corrected chi connectivity index (χ3v) is 5.02. The molecule has 6 atom stereocenters. The van der Waals surface area contributed by atoms with Crippen molar-refractivity contribution in [3.63, 3.8) is 0 Å². The molecule has 0 radical (unpaired) electrons. The molecule has 0 spiro atoms. The Balaban J connectivity index is 3.86. The van der Waals surface area contributed by atoms with Crippen molar-refractivity contribution in [2.75, 3.05) is 0 Å². The van der Waals surface area contributed by atoms with Gasteiger partial charge >= 0.3 is 45.5 Å². The zero-order valence-electron chi connectivity index (χ0n) is 18.3. The maximum Gasteiger partial charge on any atom is 0.523 e. The number of carbonyl (C=O) groups excluding carboxylic acids is 5. The van der Waals surface area contributed by atoms with Crippen molar-refractivity contribution in [2.24, 2.45) is 0 Å². The lowest BCUT2D eigenvalue weighted by Crippen LogP contribution is -2.69. The third kappa shape index (κ3) is 7.54. The van der Waals surface area contributed by atoms with Crippen LogP contribution in [-0.2, 0) is 62.0 Å². The summed E-state index contributed by atoms with van der Waals surface area (Å²) in [4.78, 5) is 58.4. The van der Waals surface area contributed by atoms with Crippen LogP contribution in [0.25, 0.3) is 0 Å². The van der Waals surface area contributed by atoms with Gasteiger partial charge in [-0.05, 0) is 0 Å². The van der Waals surface area contributed by atoms with E-state index in [0.29, 0.717) is 0 Å². The minimum Gasteiger partial charge on any atom is -0.455 e. The second-order valence-electron chi connectivity index (χ2n) is 6.83. The molecule has 0 heterocycles. The van der Waals surface area contributed by atoms with Gasteiger partial charge in [-0.25, -0.2) is 0 Å². The van der Waals surface area contributed by atoms with Gasteiger partial charge in [0.25, 0.3) is 0 Å². The Hall–Kier alpha value is -2.95. The first-order valence-electron chi connectivity index (χ1n) is 9.23. The number of carbonyl (C=O) groups is 5. The maximum atomic E-state index is 13.1. The minimum atomic E-state index is -6.45. The van der Waals surface area contributed by atoms with E-state index in [0.717, 1.165) is 34.6 Å². The molecular formula is C17H21F3O13S. The molecule has 34 heavy (non-hydrogen) atoms. The lowest BCUT2D eigenvalue weighted by Gasteiger charge is -2.46. The predicted molar refractivity (Wildman–Crippen MR) is 97.6 cm³/mol. The van der Waals surface area contributed by atoms with E-state index in [9.17, 15) is 45.6 Å². The smallest absolute Gasteiger partial charge is 0.455 e. The molecule has 194 valence electrons. The molecule has 0 aromatic carbocycles. The summed E-state index contributed by atoms with van der Waals surface area (Å²) in [6.45, 7) is 4.02. The van der Waals surface area contributed by atoms with Crippen LogP contribution in [0.2, 0.25) is 0 Å². The molecule has 0 N–H and O–H groups in total.